The minimum absolute atomic E-state index is 0.0712. The zero-order chi connectivity index (χ0) is 21.1. The standard InChI is InChI=1S/C21H17F2NO5/c22-14-8-6-12(7-9-14)19(27)17-18(13-3-1-4-15(23)11-13)24(21(29)20(17)28)10-2-5-16(25)26/h1,3-4,6-9,11,18,27H,2,5,10H2,(H,25,26)/b19-17+. The van der Waals surface area contributed by atoms with Gasteiger partial charge in [0.05, 0.1) is 11.6 Å². The summed E-state index contributed by atoms with van der Waals surface area (Å²) < 4.78 is 27.0. The topological polar surface area (TPSA) is 94.9 Å². The van der Waals surface area contributed by atoms with E-state index in [2.05, 4.69) is 0 Å². The Bertz CT molecular complexity index is 1000. The van der Waals surface area contributed by atoms with Gasteiger partial charge in [-0.3, -0.25) is 14.4 Å². The number of Topliss-reactive ketones (excluding diaryl/α,β-unsaturated/α-hetero) is 1. The molecule has 0 bridgehead atoms. The first-order valence-electron chi connectivity index (χ1n) is 8.81. The highest BCUT2D eigenvalue weighted by Gasteiger charge is 2.45. The lowest BCUT2D eigenvalue weighted by atomic mass is 9.95. The number of carbonyl (C=O) groups excluding carboxylic acids is 2. The molecule has 1 aliphatic heterocycles. The van der Waals surface area contributed by atoms with E-state index >= 15 is 0 Å². The van der Waals surface area contributed by atoms with Gasteiger partial charge in [-0.05, 0) is 48.4 Å². The molecule has 1 heterocycles. The number of halogens is 2. The number of likely N-dealkylation sites (tertiary alicyclic amines) is 1. The third-order valence-electron chi connectivity index (χ3n) is 4.61. The predicted octanol–water partition coefficient (Wildman–Crippen LogP) is 3.25. The number of aliphatic hydroxyl groups is 1. The van der Waals surface area contributed by atoms with E-state index < -0.39 is 41.1 Å². The van der Waals surface area contributed by atoms with Crippen LogP contribution in [0.15, 0.2) is 54.1 Å². The van der Waals surface area contributed by atoms with Crippen molar-refractivity contribution >= 4 is 23.4 Å². The van der Waals surface area contributed by atoms with Crippen LogP contribution in [0.4, 0.5) is 8.78 Å². The lowest BCUT2D eigenvalue weighted by Crippen LogP contribution is -2.31. The van der Waals surface area contributed by atoms with Gasteiger partial charge in [0.25, 0.3) is 11.7 Å². The monoisotopic (exact) mass is 401 g/mol. The number of hydrogen-bond acceptors (Lipinski definition) is 4. The zero-order valence-electron chi connectivity index (χ0n) is 15.1. The fraction of sp³-hybridized carbons (Fsp3) is 0.190. The summed E-state index contributed by atoms with van der Waals surface area (Å²) in [6.07, 6.45) is -0.151. The molecule has 2 N–H and O–H groups in total. The molecule has 1 amide bonds. The maximum absolute atomic E-state index is 13.8. The van der Waals surface area contributed by atoms with Crippen molar-refractivity contribution in [3.8, 4) is 0 Å². The lowest BCUT2D eigenvalue weighted by molar-refractivity contribution is -0.140. The number of rotatable bonds is 6. The molecule has 3 rings (SSSR count). The van der Waals surface area contributed by atoms with Gasteiger partial charge < -0.3 is 15.1 Å². The number of aliphatic carboxylic acids is 1. The number of hydrogen-bond donors (Lipinski definition) is 2. The molecule has 0 saturated carbocycles. The zero-order valence-corrected chi connectivity index (χ0v) is 15.1. The molecule has 1 atom stereocenters. The first-order valence-corrected chi connectivity index (χ1v) is 8.81. The Balaban J connectivity index is 2.10. The number of carboxylic acids is 1. The van der Waals surface area contributed by atoms with E-state index in [0.717, 1.165) is 23.1 Å². The van der Waals surface area contributed by atoms with E-state index in [1.165, 1.54) is 30.3 Å². The number of carbonyl (C=O) groups is 3. The second kappa shape index (κ2) is 8.22. The molecule has 1 aliphatic rings. The van der Waals surface area contributed by atoms with E-state index in [9.17, 15) is 28.3 Å². The van der Waals surface area contributed by atoms with Crippen LogP contribution in [0.25, 0.3) is 5.76 Å². The van der Waals surface area contributed by atoms with Crippen molar-refractivity contribution in [1.29, 1.82) is 0 Å². The van der Waals surface area contributed by atoms with Crippen LogP contribution >= 0.6 is 0 Å². The second-order valence-corrected chi connectivity index (χ2v) is 6.55. The Labute approximate surface area is 164 Å². The van der Waals surface area contributed by atoms with Crippen molar-refractivity contribution < 1.29 is 33.4 Å². The van der Waals surface area contributed by atoms with Gasteiger partial charge in [-0.1, -0.05) is 12.1 Å². The molecule has 2 aromatic rings. The summed E-state index contributed by atoms with van der Waals surface area (Å²) in [5.74, 6) is -4.61. The van der Waals surface area contributed by atoms with Crippen LogP contribution < -0.4 is 0 Å². The maximum Gasteiger partial charge on any atom is 0.303 e. The molecule has 6 nitrogen and oxygen atoms in total. The highest BCUT2D eigenvalue weighted by atomic mass is 19.1. The fourth-order valence-corrected chi connectivity index (χ4v) is 3.30. The molecule has 0 radical (unpaired) electrons. The van der Waals surface area contributed by atoms with Crippen molar-refractivity contribution in [3.05, 3.63) is 76.9 Å². The number of aliphatic hydroxyl groups excluding tert-OH is 1. The van der Waals surface area contributed by atoms with Crippen molar-refractivity contribution in [2.24, 2.45) is 0 Å². The molecule has 0 aromatic heterocycles. The number of ketones is 1. The normalized spacial score (nSPS) is 18.3. The lowest BCUT2D eigenvalue weighted by Gasteiger charge is -2.25. The van der Waals surface area contributed by atoms with Crippen molar-refractivity contribution in [3.63, 3.8) is 0 Å². The summed E-state index contributed by atoms with van der Waals surface area (Å²) in [6, 6.07) is 8.84. The van der Waals surface area contributed by atoms with Gasteiger partial charge in [0.15, 0.2) is 0 Å². The van der Waals surface area contributed by atoms with Crippen LogP contribution in [0.3, 0.4) is 0 Å². The van der Waals surface area contributed by atoms with Gasteiger partial charge in [0, 0.05) is 18.5 Å². The van der Waals surface area contributed by atoms with E-state index in [-0.39, 0.29) is 36.1 Å². The molecule has 29 heavy (non-hydrogen) atoms. The van der Waals surface area contributed by atoms with E-state index in [4.69, 9.17) is 5.11 Å². The van der Waals surface area contributed by atoms with E-state index in [1.54, 1.807) is 0 Å². The first-order chi connectivity index (χ1) is 13.8. The Morgan fingerprint density at radius 3 is 2.31 bits per heavy atom. The third-order valence-corrected chi connectivity index (χ3v) is 4.61. The summed E-state index contributed by atoms with van der Waals surface area (Å²) in [4.78, 5) is 37.2. The van der Waals surface area contributed by atoms with Crippen LogP contribution in [-0.4, -0.2) is 39.3 Å². The van der Waals surface area contributed by atoms with Gasteiger partial charge in [-0.15, -0.1) is 0 Å². The van der Waals surface area contributed by atoms with E-state index in [0.29, 0.717) is 0 Å². The highest BCUT2D eigenvalue weighted by Crippen LogP contribution is 2.39. The molecule has 1 saturated heterocycles. The third kappa shape index (κ3) is 4.16. The fourth-order valence-electron chi connectivity index (χ4n) is 3.30. The summed E-state index contributed by atoms with van der Waals surface area (Å²) in [6.45, 7) is -0.0712. The molecule has 2 aromatic carbocycles. The van der Waals surface area contributed by atoms with Crippen molar-refractivity contribution in [1.82, 2.24) is 4.90 Å². The van der Waals surface area contributed by atoms with Crippen molar-refractivity contribution in [2.75, 3.05) is 6.54 Å². The molecular formula is C21H17F2NO5. The molecule has 0 aliphatic carbocycles. The molecule has 1 unspecified atom stereocenters. The summed E-state index contributed by atoms with van der Waals surface area (Å²) in [5, 5.41) is 19.5. The highest BCUT2D eigenvalue weighted by molar-refractivity contribution is 6.46. The van der Waals surface area contributed by atoms with Crippen LogP contribution in [0.5, 0.6) is 0 Å². The molecule has 150 valence electrons. The number of nitrogens with zero attached hydrogens (tertiary/aromatic N) is 1. The van der Waals surface area contributed by atoms with Crippen LogP contribution in [-0.2, 0) is 14.4 Å². The second-order valence-electron chi connectivity index (χ2n) is 6.55. The smallest absolute Gasteiger partial charge is 0.303 e. The molecule has 0 spiro atoms. The Morgan fingerprint density at radius 2 is 1.69 bits per heavy atom. The molecule has 1 fully saturated rings. The van der Waals surface area contributed by atoms with Gasteiger partial charge >= 0.3 is 5.97 Å². The Morgan fingerprint density at radius 1 is 1.00 bits per heavy atom. The van der Waals surface area contributed by atoms with Crippen LogP contribution in [0, 0.1) is 11.6 Å². The average molecular weight is 401 g/mol. The average Bonchev–Trinajstić information content (AvgIpc) is 2.93. The number of benzene rings is 2. The molecule has 8 heteroatoms. The van der Waals surface area contributed by atoms with Gasteiger partial charge in [0.1, 0.15) is 17.4 Å². The summed E-state index contributed by atoms with van der Waals surface area (Å²) in [5.41, 5.74) is 0.113. The minimum Gasteiger partial charge on any atom is -0.507 e. The predicted molar refractivity (Wildman–Crippen MR) is 98.7 cm³/mol. The van der Waals surface area contributed by atoms with E-state index in [1.807, 2.05) is 0 Å². The largest absolute Gasteiger partial charge is 0.507 e. The minimum atomic E-state index is -1.09. The maximum atomic E-state index is 13.8. The van der Waals surface area contributed by atoms with Gasteiger partial charge in [0.2, 0.25) is 0 Å². The Kier molecular flexibility index (Phi) is 5.72. The van der Waals surface area contributed by atoms with Crippen LogP contribution in [0.1, 0.15) is 30.0 Å². The first kappa shape index (κ1) is 20.2. The SMILES string of the molecule is O=C(O)CCCN1C(=O)C(=O)/C(=C(/O)c2ccc(F)cc2)C1c1cccc(F)c1. The van der Waals surface area contributed by atoms with Gasteiger partial charge in [-0.2, -0.15) is 0 Å². The van der Waals surface area contributed by atoms with Crippen LogP contribution in [0.2, 0.25) is 0 Å². The van der Waals surface area contributed by atoms with Crippen molar-refractivity contribution in [2.45, 2.75) is 18.9 Å². The number of carboxylic acid groups (broad SMARTS) is 1. The Hall–Kier alpha value is -3.55. The van der Waals surface area contributed by atoms with Gasteiger partial charge in [-0.25, -0.2) is 8.78 Å². The summed E-state index contributed by atoms with van der Waals surface area (Å²) in [7, 11) is 0. The summed E-state index contributed by atoms with van der Waals surface area (Å²) >= 11 is 0. The number of amides is 1. The molecular weight excluding hydrogens is 384 g/mol. The quantitative estimate of drug-likeness (QED) is 0.440.